The Balaban J connectivity index is 2.44. The first-order valence-electron chi connectivity index (χ1n) is 5.62. The number of rotatable bonds is 4. The molecule has 0 aliphatic carbocycles. The highest BCUT2D eigenvalue weighted by Gasteiger charge is 2.29. The highest BCUT2D eigenvalue weighted by Crippen LogP contribution is 2.27. The molecule has 0 aliphatic rings. The van der Waals surface area contributed by atoms with E-state index in [0.29, 0.717) is 12.1 Å². The first-order chi connectivity index (χ1) is 9.35. The van der Waals surface area contributed by atoms with Gasteiger partial charge in [-0.05, 0) is 6.92 Å². The normalized spacial score (nSPS) is 14.3. The van der Waals surface area contributed by atoms with E-state index in [9.17, 15) is 13.2 Å². The molecule has 2 rings (SSSR count). The molecular formula is C12H12F3N3O2. The van der Waals surface area contributed by atoms with E-state index >= 15 is 0 Å². The van der Waals surface area contributed by atoms with E-state index in [-0.39, 0.29) is 12.4 Å². The van der Waals surface area contributed by atoms with Crippen LogP contribution in [-0.2, 0) is 10.3 Å². The van der Waals surface area contributed by atoms with Gasteiger partial charge in [-0.1, -0.05) is 5.16 Å². The summed E-state index contributed by atoms with van der Waals surface area (Å²) in [5.74, 6) is -3.70. The van der Waals surface area contributed by atoms with Crippen LogP contribution in [0.3, 0.4) is 0 Å². The Morgan fingerprint density at radius 2 is 1.90 bits per heavy atom. The SMILES string of the molecule is COCC(C)(N)c1noc(-c2c(F)cc(F)cc2F)n1. The largest absolute Gasteiger partial charge is 0.382 e. The molecule has 8 heteroatoms. The Labute approximate surface area is 112 Å². The van der Waals surface area contributed by atoms with Gasteiger partial charge in [0.15, 0.2) is 5.82 Å². The Hall–Kier alpha value is -1.93. The molecule has 1 heterocycles. The quantitative estimate of drug-likeness (QED) is 0.930. The van der Waals surface area contributed by atoms with Gasteiger partial charge in [-0.15, -0.1) is 0 Å². The summed E-state index contributed by atoms with van der Waals surface area (Å²) in [6.45, 7) is 1.66. The average Bonchev–Trinajstić information content (AvgIpc) is 2.77. The summed E-state index contributed by atoms with van der Waals surface area (Å²) < 4.78 is 49.7. The fourth-order valence-corrected chi connectivity index (χ4v) is 1.67. The standard InChI is InChI=1S/C12H12F3N3O2/c1-12(16,5-19-2)11-17-10(20-18-11)9-7(14)3-6(13)4-8(9)15/h3-4H,5,16H2,1-2H3. The maximum Gasteiger partial charge on any atom is 0.263 e. The van der Waals surface area contributed by atoms with Crippen molar-refractivity contribution in [2.24, 2.45) is 5.73 Å². The van der Waals surface area contributed by atoms with E-state index in [0.717, 1.165) is 0 Å². The van der Waals surface area contributed by atoms with Crippen molar-refractivity contribution < 1.29 is 22.4 Å². The number of nitrogens with zero attached hydrogens (tertiary/aromatic N) is 2. The molecule has 1 unspecified atom stereocenters. The number of aromatic nitrogens is 2. The zero-order chi connectivity index (χ0) is 14.9. The van der Waals surface area contributed by atoms with Crippen molar-refractivity contribution in [1.29, 1.82) is 0 Å². The first kappa shape index (κ1) is 14.5. The first-order valence-corrected chi connectivity index (χ1v) is 5.62. The van der Waals surface area contributed by atoms with E-state index in [1.165, 1.54) is 7.11 Å². The Bertz CT molecular complexity index is 605. The number of hydrogen-bond donors (Lipinski definition) is 1. The van der Waals surface area contributed by atoms with Gasteiger partial charge in [-0.2, -0.15) is 4.98 Å². The highest BCUT2D eigenvalue weighted by molar-refractivity contribution is 5.55. The van der Waals surface area contributed by atoms with Gasteiger partial charge in [-0.25, -0.2) is 13.2 Å². The fraction of sp³-hybridized carbons (Fsp3) is 0.333. The van der Waals surface area contributed by atoms with Crippen LogP contribution in [-0.4, -0.2) is 23.9 Å². The van der Waals surface area contributed by atoms with Crippen LogP contribution in [0.25, 0.3) is 11.5 Å². The molecular weight excluding hydrogens is 275 g/mol. The zero-order valence-electron chi connectivity index (χ0n) is 10.8. The van der Waals surface area contributed by atoms with Crippen LogP contribution in [0.1, 0.15) is 12.7 Å². The maximum atomic E-state index is 13.6. The summed E-state index contributed by atoms with van der Waals surface area (Å²) in [5.41, 5.74) is 4.20. The molecule has 0 aliphatic heterocycles. The van der Waals surface area contributed by atoms with E-state index < -0.39 is 34.4 Å². The third-order valence-corrected chi connectivity index (χ3v) is 2.60. The van der Waals surface area contributed by atoms with Gasteiger partial charge in [0.2, 0.25) is 0 Å². The monoisotopic (exact) mass is 287 g/mol. The van der Waals surface area contributed by atoms with Crippen LogP contribution >= 0.6 is 0 Å². The number of ether oxygens (including phenoxy) is 1. The summed E-state index contributed by atoms with van der Waals surface area (Å²) in [6, 6.07) is 1.05. The Morgan fingerprint density at radius 3 is 2.45 bits per heavy atom. The van der Waals surface area contributed by atoms with Crippen LogP contribution in [0.5, 0.6) is 0 Å². The Kier molecular flexibility index (Phi) is 3.78. The fourth-order valence-electron chi connectivity index (χ4n) is 1.67. The lowest BCUT2D eigenvalue weighted by Crippen LogP contribution is -2.38. The minimum absolute atomic E-state index is 0.0254. The maximum absolute atomic E-state index is 13.6. The zero-order valence-corrected chi connectivity index (χ0v) is 10.8. The minimum atomic E-state index is -1.14. The lowest BCUT2D eigenvalue weighted by molar-refractivity contribution is 0.135. The van der Waals surface area contributed by atoms with Crippen molar-refractivity contribution in [3.8, 4) is 11.5 Å². The molecule has 1 atom stereocenters. The second kappa shape index (κ2) is 5.22. The Morgan fingerprint density at radius 1 is 1.30 bits per heavy atom. The van der Waals surface area contributed by atoms with E-state index in [1.54, 1.807) is 6.92 Å². The molecule has 5 nitrogen and oxygen atoms in total. The summed E-state index contributed by atoms with van der Waals surface area (Å²) >= 11 is 0. The second-order valence-electron chi connectivity index (χ2n) is 4.52. The van der Waals surface area contributed by atoms with E-state index in [4.69, 9.17) is 15.0 Å². The summed E-state index contributed by atoms with van der Waals surface area (Å²) in [7, 11) is 1.44. The predicted molar refractivity (Wildman–Crippen MR) is 63.0 cm³/mol. The molecule has 0 amide bonds. The number of hydrogen-bond acceptors (Lipinski definition) is 5. The number of benzene rings is 1. The summed E-state index contributed by atoms with van der Waals surface area (Å²) in [4.78, 5) is 3.84. The van der Waals surface area contributed by atoms with Crippen molar-refractivity contribution in [3.63, 3.8) is 0 Å². The van der Waals surface area contributed by atoms with E-state index in [1.807, 2.05) is 0 Å². The topological polar surface area (TPSA) is 74.2 Å². The third-order valence-electron chi connectivity index (χ3n) is 2.60. The van der Waals surface area contributed by atoms with Crippen LogP contribution < -0.4 is 5.73 Å². The molecule has 0 fully saturated rings. The van der Waals surface area contributed by atoms with Gasteiger partial charge in [0.1, 0.15) is 28.6 Å². The summed E-state index contributed by atoms with van der Waals surface area (Å²) in [6.07, 6.45) is 0. The van der Waals surface area contributed by atoms with Crippen LogP contribution in [0.4, 0.5) is 13.2 Å². The molecule has 2 N–H and O–H groups in total. The predicted octanol–water partition coefficient (Wildman–Crippen LogP) is 1.97. The molecule has 0 saturated heterocycles. The van der Waals surface area contributed by atoms with Crippen molar-refractivity contribution in [2.45, 2.75) is 12.5 Å². The van der Waals surface area contributed by atoms with Gasteiger partial charge in [0, 0.05) is 19.2 Å². The molecule has 0 spiro atoms. The molecule has 0 bridgehead atoms. The van der Waals surface area contributed by atoms with Crippen LogP contribution in [0.15, 0.2) is 16.7 Å². The molecule has 1 aromatic carbocycles. The van der Waals surface area contributed by atoms with Gasteiger partial charge >= 0.3 is 0 Å². The van der Waals surface area contributed by atoms with Gasteiger partial charge in [0.05, 0.1) is 6.61 Å². The number of halogens is 3. The molecule has 108 valence electrons. The van der Waals surface area contributed by atoms with Crippen LogP contribution in [0, 0.1) is 17.5 Å². The number of methoxy groups -OCH3 is 1. The van der Waals surface area contributed by atoms with Crippen LogP contribution in [0.2, 0.25) is 0 Å². The van der Waals surface area contributed by atoms with Crippen molar-refractivity contribution in [1.82, 2.24) is 10.1 Å². The number of nitrogens with two attached hydrogens (primary N) is 1. The third kappa shape index (κ3) is 2.66. The smallest absolute Gasteiger partial charge is 0.263 e. The van der Waals surface area contributed by atoms with Gasteiger partial charge < -0.3 is 15.0 Å². The second-order valence-corrected chi connectivity index (χ2v) is 4.52. The van der Waals surface area contributed by atoms with Gasteiger partial charge in [-0.3, -0.25) is 0 Å². The lowest BCUT2D eigenvalue weighted by atomic mass is 10.1. The summed E-state index contributed by atoms with van der Waals surface area (Å²) in [5, 5.41) is 3.57. The highest BCUT2D eigenvalue weighted by atomic mass is 19.1. The molecule has 0 radical (unpaired) electrons. The molecule has 0 saturated carbocycles. The van der Waals surface area contributed by atoms with Crippen molar-refractivity contribution in [3.05, 3.63) is 35.4 Å². The van der Waals surface area contributed by atoms with E-state index in [2.05, 4.69) is 10.1 Å². The van der Waals surface area contributed by atoms with Gasteiger partial charge in [0.25, 0.3) is 5.89 Å². The molecule has 20 heavy (non-hydrogen) atoms. The lowest BCUT2D eigenvalue weighted by Gasteiger charge is -2.18. The van der Waals surface area contributed by atoms with Crippen molar-refractivity contribution in [2.75, 3.05) is 13.7 Å². The molecule has 1 aromatic heterocycles. The molecule has 2 aromatic rings. The minimum Gasteiger partial charge on any atom is -0.382 e. The average molecular weight is 287 g/mol. The van der Waals surface area contributed by atoms with Crippen molar-refractivity contribution >= 4 is 0 Å².